The third-order valence-electron chi connectivity index (χ3n) is 4.50. The molecule has 6 nitrogen and oxygen atoms in total. The number of nitrogens with two attached hydrogens (primary N) is 2. The van der Waals surface area contributed by atoms with Crippen LogP contribution in [0.2, 0.25) is 5.02 Å². The van der Waals surface area contributed by atoms with Crippen LogP contribution < -0.4 is 16.2 Å². The smallest absolute Gasteiger partial charge is 0.262 e. The highest BCUT2D eigenvalue weighted by molar-refractivity contribution is 8.13. The Labute approximate surface area is 183 Å². The van der Waals surface area contributed by atoms with Crippen molar-refractivity contribution in [2.75, 3.05) is 18.0 Å². The van der Waals surface area contributed by atoms with Gasteiger partial charge < -0.3 is 11.5 Å². The molecule has 0 saturated carbocycles. The van der Waals surface area contributed by atoms with Crippen LogP contribution in [0.25, 0.3) is 0 Å². The normalized spacial score (nSPS) is 13.8. The molecule has 0 bridgehead atoms. The van der Waals surface area contributed by atoms with E-state index < -0.39 is 15.6 Å². The van der Waals surface area contributed by atoms with Crippen LogP contribution in [0.1, 0.15) is 31.4 Å². The van der Waals surface area contributed by atoms with Crippen molar-refractivity contribution in [3.05, 3.63) is 58.6 Å². The summed E-state index contributed by atoms with van der Waals surface area (Å²) in [5.41, 5.74) is 11.7. The van der Waals surface area contributed by atoms with Crippen molar-refractivity contribution in [1.82, 2.24) is 0 Å². The Morgan fingerprint density at radius 2 is 1.86 bits per heavy atom. The van der Waals surface area contributed by atoms with Crippen molar-refractivity contribution in [2.24, 2.45) is 16.5 Å². The van der Waals surface area contributed by atoms with E-state index in [4.69, 9.17) is 17.3 Å². The molecule has 29 heavy (non-hydrogen) atoms. The number of hydrogen-bond donors (Lipinski definition) is 3. The molecule has 0 aliphatic carbocycles. The van der Waals surface area contributed by atoms with Gasteiger partial charge in [-0.1, -0.05) is 48.5 Å². The molecule has 0 fully saturated rings. The summed E-state index contributed by atoms with van der Waals surface area (Å²) < 4.78 is 28.3. The van der Waals surface area contributed by atoms with Crippen LogP contribution in [-0.2, 0) is 15.6 Å². The molecule has 9 heteroatoms. The second-order valence-electron chi connectivity index (χ2n) is 6.33. The van der Waals surface area contributed by atoms with E-state index in [0.717, 1.165) is 12.0 Å². The van der Waals surface area contributed by atoms with Gasteiger partial charge in [0.15, 0.2) is 5.17 Å². The molecule has 1 unspecified atom stereocenters. The van der Waals surface area contributed by atoms with Crippen LogP contribution in [0.4, 0.5) is 5.69 Å². The number of thioether (sulfide) groups is 1. The summed E-state index contributed by atoms with van der Waals surface area (Å²) in [6.45, 7) is 5.68. The van der Waals surface area contributed by atoms with Gasteiger partial charge in [-0.2, -0.15) is 0 Å². The first-order chi connectivity index (χ1) is 13.6. The first-order valence-electron chi connectivity index (χ1n) is 8.98. The Morgan fingerprint density at radius 3 is 2.45 bits per heavy atom. The highest BCUT2D eigenvalue weighted by Crippen LogP contribution is 2.32. The first kappa shape index (κ1) is 25.3. The molecule has 2 rings (SSSR count). The van der Waals surface area contributed by atoms with Gasteiger partial charge in [-0.3, -0.25) is 9.71 Å². The van der Waals surface area contributed by atoms with Crippen molar-refractivity contribution >= 4 is 44.2 Å². The van der Waals surface area contributed by atoms with E-state index in [9.17, 15) is 8.42 Å². The van der Waals surface area contributed by atoms with Crippen LogP contribution >= 0.6 is 23.4 Å². The molecule has 0 spiro atoms. The predicted molar refractivity (Wildman–Crippen MR) is 126 cm³/mol. The Morgan fingerprint density at radius 1 is 1.24 bits per heavy atom. The highest BCUT2D eigenvalue weighted by Gasteiger charge is 2.25. The molecule has 0 amide bonds. The van der Waals surface area contributed by atoms with Gasteiger partial charge in [-0.25, -0.2) is 8.42 Å². The number of hydrogen-bond acceptors (Lipinski definition) is 5. The maximum absolute atomic E-state index is 12.8. The predicted octanol–water partition coefficient (Wildman–Crippen LogP) is 4.33. The monoisotopic (exact) mass is 456 g/mol. The Kier molecular flexibility index (Phi) is 9.48. The van der Waals surface area contributed by atoms with E-state index in [-0.39, 0.29) is 4.90 Å². The molecular weight excluding hydrogens is 428 g/mol. The number of benzene rings is 2. The lowest BCUT2D eigenvalue weighted by Crippen LogP contribution is -2.23. The van der Waals surface area contributed by atoms with Crippen molar-refractivity contribution in [1.29, 1.82) is 0 Å². The number of halogens is 1. The van der Waals surface area contributed by atoms with Gasteiger partial charge in [-0.05, 0) is 69.0 Å². The molecule has 0 aromatic heterocycles. The van der Waals surface area contributed by atoms with E-state index >= 15 is 0 Å². The fraction of sp³-hybridized carbons (Fsp3) is 0.350. The Bertz CT molecular complexity index is 965. The summed E-state index contributed by atoms with van der Waals surface area (Å²) in [5.74, 6) is 0. The number of nitrogens with zero attached hydrogens (tertiary/aromatic N) is 1. The summed E-state index contributed by atoms with van der Waals surface area (Å²) in [5, 5.41) is 0.895. The molecule has 0 heterocycles. The summed E-state index contributed by atoms with van der Waals surface area (Å²) >= 11 is 7.45. The Balaban J connectivity index is 0.00000204. The van der Waals surface area contributed by atoms with Crippen LogP contribution in [0.3, 0.4) is 0 Å². The molecule has 1 atom stereocenters. The maximum Gasteiger partial charge on any atom is 0.262 e. The van der Waals surface area contributed by atoms with E-state index in [0.29, 0.717) is 21.4 Å². The minimum Gasteiger partial charge on any atom is -0.379 e. The average Bonchev–Trinajstić information content (AvgIpc) is 2.71. The summed E-state index contributed by atoms with van der Waals surface area (Å²) in [7, 11) is -2.26. The van der Waals surface area contributed by atoms with Crippen molar-refractivity contribution in [3.63, 3.8) is 0 Å². The highest BCUT2D eigenvalue weighted by atomic mass is 35.5. The summed E-state index contributed by atoms with van der Waals surface area (Å²) in [6.07, 6.45) is 2.59. The molecule has 160 valence electrons. The van der Waals surface area contributed by atoms with Gasteiger partial charge in [0.2, 0.25) is 0 Å². The quantitative estimate of drug-likeness (QED) is 0.442. The second-order valence-corrected chi connectivity index (χ2v) is 9.22. The van der Waals surface area contributed by atoms with Crippen molar-refractivity contribution in [2.45, 2.75) is 37.6 Å². The zero-order valence-corrected chi connectivity index (χ0v) is 19.8. The lowest BCUT2D eigenvalue weighted by Gasteiger charge is -2.25. The van der Waals surface area contributed by atoms with E-state index in [2.05, 4.69) is 15.4 Å². The number of anilines is 1. The van der Waals surface area contributed by atoms with Gasteiger partial charge in [0.25, 0.3) is 10.0 Å². The van der Waals surface area contributed by atoms with Crippen LogP contribution in [0, 0.1) is 6.92 Å². The minimum absolute atomic E-state index is 0.156. The van der Waals surface area contributed by atoms with E-state index in [1.54, 1.807) is 37.3 Å². The zero-order chi connectivity index (χ0) is 22.2. The molecule has 2 aromatic rings. The van der Waals surface area contributed by atoms with Crippen LogP contribution in [0.15, 0.2) is 52.4 Å². The van der Waals surface area contributed by atoms with E-state index in [1.165, 1.54) is 24.9 Å². The summed E-state index contributed by atoms with van der Waals surface area (Å²) in [4.78, 5) is 4.76. The van der Waals surface area contributed by atoms with Gasteiger partial charge in [0.05, 0.1) is 10.4 Å². The SMILES string of the molecule is CCC(C)(N=C(N)SC)c1cccc(NS(=O)(=O)c2cccc(Cl)c2C)c1.CN. The maximum atomic E-state index is 12.8. The van der Waals surface area contributed by atoms with Gasteiger partial charge in [0.1, 0.15) is 0 Å². The Hall–Kier alpha value is -1.74. The molecule has 0 aliphatic heterocycles. The number of nitrogens with one attached hydrogen (secondary N) is 1. The standard InChI is InChI=1S/C19H24ClN3O2S2.CH5N/c1-5-19(3,22-18(21)26-4)14-8-6-9-15(12-14)23-27(24,25)17-11-7-10-16(20)13(17)2;1-2/h6-12,23H,5H2,1-4H3,(H2,21,22);2H2,1H3. The molecule has 2 aromatic carbocycles. The third-order valence-corrected chi connectivity index (χ3v) is 6.94. The third kappa shape index (κ3) is 6.37. The molecular formula is C20H29ClN4O2S2. The van der Waals surface area contributed by atoms with Gasteiger partial charge in [0, 0.05) is 10.7 Å². The molecule has 0 saturated heterocycles. The number of rotatable bonds is 6. The van der Waals surface area contributed by atoms with E-state index in [1.807, 2.05) is 26.2 Å². The summed E-state index contributed by atoms with van der Waals surface area (Å²) in [6, 6.07) is 12.0. The topological polar surface area (TPSA) is 111 Å². The first-order valence-corrected chi connectivity index (χ1v) is 12.1. The lowest BCUT2D eigenvalue weighted by atomic mass is 9.90. The number of amidine groups is 1. The molecule has 0 aliphatic rings. The van der Waals surface area contributed by atoms with Gasteiger partial charge >= 0.3 is 0 Å². The van der Waals surface area contributed by atoms with Crippen LogP contribution in [0.5, 0.6) is 0 Å². The minimum atomic E-state index is -3.76. The number of aliphatic imine (C=N–C) groups is 1. The lowest BCUT2D eigenvalue weighted by molar-refractivity contribution is 0.481. The second kappa shape index (κ2) is 10.9. The van der Waals surface area contributed by atoms with Crippen molar-refractivity contribution < 1.29 is 8.42 Å². The fourth-order valence-electron chi connectivity index (χ4n) is 2.64. The number of sulfonamides is 1. The van der Waals surface area contributed by atoms with Crippen LogP contribution in [-0.4, -0.2) is 26.9 Å². The van der Waals surface area contributed by atoms with Gasteiger partial charge in [-0.15, -0.1) is 0 Å². The molecule has 0 radical (unpaired) electrons. The van der Waals surface area contributed by atoms with Crippen molar-refractivity contribution in [3.8, 4) is 0 Å². The zero-order valence-electron chi connectivity index (χ0n) is 17.4. The largest absolute Gasteiger partial charge is 0.379 e. The molecule has 5 N–H and O–H groups in total. The average molecular weight is 457 g/mol. The fourth-order valence-corrected chi connectivity index (χ4v) is 4.48.